The lowest BCUT2D eigenvalue weighted by Crippen LogP contribution is -3.00. The van der Waals surface area contributed by atoms with E-state index >= 15 is 0 Å². The van der Waals surface area contributed by atoms with Gasteiger partial charge >= 0.3 is 0 Å². The fraction of sp³-hybridized carbons (Fsp3) is 0.571. The van der Waals surface area contributed by atoms with Crippen molar-refractivity contribution in [3.8, 4) is 5.75 Å². The van der Waals surface area contributed by atoms with Crippen LogP contribution in [0.4, 0.5) is 0 Å². The number of methoxy groups -OCH3 is 1. The standard InChI is InChI=1S/C14H22N2O.2ClH/c1-17-13-7-5-12(6-8-13)14(11-15)16-9-3-2-4-10-16;;/h5-8,14H,2-4,9-11,15H2,1H3;2*1H/p-2. The quantitative estimate of drug-likeness (QED) is 0.620. The van der Waals surface area contributed by atoms with Gasteiger partial charge in [-0.2, -0.15) is 0 Å². The first-order valence-corrected chi connectivity index (χ1v) is 6.43. The van der Waals surface area contributed by atoms with Crippen molar-refractivity contribution in [2.24, 2.45) is 5.73 Å². The third kappa shape index (κ3) is 4.84. The molecule has 1 fully saturated rings. The van der Waals surface area contributed by atoms with Crippen LogP contribution in [0, 0.1) is 0 Å². The van der Waals surface area contributed by atoms with E-state index in [1.54, 1.807) is 7.11 Å². The van der Waals surface area contributed by atoms with Crippen LogP contribution in [0.15, 0.2) is 24.3 Å². The monoisotopic (exact) mass is 304 g/mol. The van der Waals surface area contributed by atoms with Gasteiger partial charge in [0, 0.05) is 12.6 Å². The van der Waals surface area contributed by atoms with Gasteiger partial charge in [0.15, 0.2) is 0 Å². The van der Waals surface area contributed by atoms with E-state index in [-0.39, 0.29) is 24.8 Å². The minimum absolute atomic E-state index is 0. The Morgan fingerprint density at radius 2 is 1.68 bits per heavy atom. The molecule has 19 heavy (non-hydrogen) atoms. The molecule has 2 N–H and O–H groups in total. The van der Waals surface area contributed by atoms with Gasteiger partial charge in [-0.15, -0.1) is 0 Å². The molecule has 2 rings (SSSR count). The third-order valence-corrected chi connectivity index (χ3v) is 3.56. The molecule has 1 atom stereocenters. The smallest absolute Gasteiger partial charge is 0.118 e. The molecule has 3 nitrogen and oxygen atoms in total. The maximum atomic E-state index is 5.93. The van der Waals surface area contributed by atoms with Crippen molar-refractivity contribution in [3.63, 3.8) is 0 Å². The number of hydrogen-bond donors (Lipinski definition) is 1. The number of halogens is 2. The molecular formula is C14H22Cl2N2O-2. The second-order valence-electron chi connectivity index (χ2n) is 4.62. The lowest BCUT2D eigenvalue weighted by Gasteiger charge is -2.34. The van der Waals surface area contributed by atoms with Crippen molar-refractivity contribution in [2.45, 2.75) is 25.3 Å². The number of hydrogen-bond acceptors (Lipinski definition) is 3. The van der Waals surface area contributed by atoms with Crippen molar-refractivity contribution in [1.82, 2.24) is 4.90 Å². The summed E-state index contributed by atoms with van der Waals surface area (Å²) in [6.07, 6.45) is 3.95. The van der Waals surface area contributed by atoms with E-state index in [4.69, 9.17) is 10.5 Å². The summed E-state index contributed by atoms with van der Waals surface area (Å²) in [4.78, 5) is 2.51. The predicted octanol–water partition coefficient (Wildman–Crippen LogP) is -3.81. The van der Waals surface area contributed by atoms with E-state index < -0.39 is 0 Å². The Labute approximate surface area is 128 Å². The topological polar surface area (TPSA) is 38.5 Å². The molecule has 1 heterocycles. The highest BCUT2D eigenvalue weighted by molar-refractivity contribution is 5.29. The Morgan fingerprint density at radius 3 is 2.16 bits per heavy atom. The number of likely N-dealkylation sites (tertiary alicyclic amines) is 1. The maximum absolute atomic E-state index is 5.93. The zero-order valence-corrected chi connectivity index (χ0v) is 12.8. The largest absolute Gasteiger partial charge is 1.00 e. The molecule has 110 valence electrons. The zero-order chi connectivity index (χ0) is 12.1. The maximum Gasteiger partial charge on any atom is 0.118 e. The van der Waals surface area contributed by atoms with Crippen molar-refractivity contribution in [2.75, 3.05) is 26.7 Å². The second-order valence-corrected chi connectivity index (χ2v) is 4.62. The average molecular weight is 305 g/mol. The van der Waals surface area contributed by atoms with Crippen molar-refractivity contribution in [3.05, 3.63) is 29.8 Å². The molecule has 0 bridgehead atoms. The Morgan fingerprint density at radius 1 is 1.11 bits per heavy atom. The molecule has 1 aliphatic heterocycles. The van der Waals surface area contributed by atoms with Crippen LogP contribution >= 0.6 is 0 Å². The van der Waals surface area contributed by atoms with Gasteiger partial charge in [0.2, 0.25) is 0 Å². The molecule has 0 aromatic heterocycles. The van der Waals surface area contributed by atoms with E-state index in [1.165, 1.54) is 37.9 Å². The summed E-state index contributed by atoms with van der Waals surface area (Å²) in [5, 5.41) is 0. The van der Waals surface area contributed by atoms with Crippen molar-refractivity contribution >= 4 is 0 Å². The van der Waals surface area contributed by atoms with E-state index in [9.17, 15) is 0 Å². The summed E-state index contributed by atoms with van der Waals surface area (Å²) in [7, 11) is 1.69. The van der Waals surface area contributed by atoms with Crippen molar-refractivity contribution in [1.29, 1.82) is 0 Å². The minimum Gasteiger partial charge on any atom is -1.00 e. The SMILES string of the molecule is COc1ccc(C(CN)N2CCCCC2)cc1.[Cl-].[Cl-]. The zero-order valence-electron chi connectivity index (χ0n) is 11.3. The van der Waals surface area contributed by atoms with Gasteiger partial charge in [0.1, 0.15) is 5.75 Å². The van der Waals surface area contributed by atoms with E-state index in [0.717, 1.165) is 5.75 Å². The van der Waals surface area contributed by atoms with Gasteiger partial charge in [0.05, 0.1) is 7.11 Å². The summed E-state index contributed by atoms with van der Waals surface area (Å²) >= 11 is 0. The number of ether oxygens (including phenoxy) is 1. The molecule has 0 aliphatic carbocycles. The molecule has 1 saturated heterocycles. The molecule has 0 radical (unpaired) electrons. The molecule has 1 aromatic rings. The van der Waals surface area contributed by atoms with Gasteiger partial charge < -0.3 is 35.3 Å². The molecule has 0 spiro atoms. The van der Waals surface area contributed by atoms with Crippen LogP contribution in [-0.4, -0.2) is 31.6 Å². The number of nitrogens with zero attached hydrogens (tertiary/aromatic N) is 1. The van der Waals surface area contributed by atoms with Crippen LogP contribution in [-0.2, 0) is 0 Å². The average Bonchev–Trinajstić information content (AvgIpc) is 2.42. The summed E-state index contributed by atoms with van der Waals surface area (Å²) in [5.74, 6) is 0.906. The number of rotatable bonds is 4. The second kappa shape index (κ2) is 9.43. The Hall–Kier alpha value is -0.480. The van der Waals surface area contributed by atoms with Gasteiger partial charge in [-0.3, -0.25) is 4.90 Å². The molecular weight excluding hydrogens is 283 g/mol. The first-order chi connectivity index (χ1) is 8.35. The Bertz CT molecular complexity index is 340. The van der Waals surface area contributed by atoms with Crippen LogP contribution in [0.1, 0.15) is 30.9 Å². The summed E-state index contributed by atoms with van der Waals surface area (Å²) in [6, 6.07) is 8.65. The normalized spacial score (nSPS) is 16.9. The molecule has 5 heteroatoms. The Balaban J connectivity index is 0.00000162. The van der Waals surface area contributed by atoms with Crippen LogP contribution in [0.2, 0.25) is 0 Å². The highest BCUT2D eigenvalue weighted by Gasteiger charge is 2.20. The Kier molecular flexibility index (Phi) is 9.19. The molecule has 1 aliphatic rings. The van der Waals surface area contributed by atoms with Crippen LogP contribution in [0.3, 0.4) is 0 Å². The fourth-order valence-electron chi connectivity index (χ4n) is 2.55. The van der Waals surface area contributed by atoms with Gasteiger partial charge in [0.25, 0.3) is 0 Å². The number of nitrogens with two attached hydrogens (primary N) is 1. The van der Waals surface area contributed by atoms with Crippen LogP contribution in [0.25, 0.3) is 0 Å². The van der Waals surface area contributed by atoms with E-state index in [2.05, 4.69) is 17.0 Å². The fourth-order valence-corrected chi connectivity index (χ4v) is 2.55. The summed E-state index contributed by atoms with van der Waals surface area (Å²) in [6.45, 7) is 3.04. The summed E-state index contributed by atoms with van der Waals surface area (Å²) < 4.78 is 5.18. The first kappa shape index (κ1) is 18.5. The van der Waals surface area contributed by atoms with Gasteiger partial charge in [-0.25, -0.2) is 0 Å². The lowest BCUT2D eigenvalue weighted by atomic mass is 10.0. The van der Waals surface area contributed by atoms with Crippen molar-refractivity contribution < 1.29 is 29.6 Å². The number of piperidine rings is 1. The third-order valence-electron chi connectivity index (χ3n) is 3.56. The van der Waals surface area contributed by atoms with Crippen LogP contribution < -0.4 is 35.3 Å². The predicted molar refractivity (Wildman–Crippen MR) is 70.2 cm³/mol. The van der Waals surface area contributed by atoms with Gasteiger partial charge in [-0.05, 0) is 43.6 Å². The number of benzene rings is 1. The van der Waals surface area contributed by atoms with Crippen LogP contribution in [0.5, 0.6) is 5.75 Å². The summed E-state index contributed by atoms with van der Waals surface area (Å²) in [5.41, 5.74) is 7.23. The minimum atomic E-state index is 0. The molecule has 1 aromatic carbocycles. The highest BCUT2D eigenvalue weighted by atomic mass is 35.5. The highest BCUT2D eigenvalue weighted by Crippen LogP contribution is 2.25. The van der Waals surface area contributed by atoms with E-state index in [1.807, 2.05) is 12.1 Å². The molecule has 1 unspecified atom stereocenters. The first-order valence-electron chi connectivity index (χ1n) is 6.43. The molecule has 0 saturated carbocycles. The van der Waals surface area contributed by atoms with Gasteiger partial charge in [-0.1, -0.05) is 18.6 Å². The lowest BCUT2D eigenvalue weighted by molar-refractivity contribution is -0.001000. The molecule has 0 amide bonds. The van der Waals surface area contributed by atoms with E-state index in [0.29, 0.717) is 12.6 Å².